The zero-order valence-electron chi connectivity index (χ0n) is 39.7. The second-order valence-electron chi connectivity index (χ2n) is 23.2. The highest BCUT2D eigenvalue weighted by Crippen LogP contribution is 2.78. The number of nitrogens with one attached hydrogen (secondary N) is 1. The predicted octanol–water partition coefficient (Wildman–Crippen LogP) is 5.37. The van der Waals surface area contributed by atoms with Crippen LogP contribution in [0.25, 0.3) is 0 Å². The van der Waals surface area contributed by atoms with E-state index in [-0.39, 0.29) is 73.8 Å². The number of hydrogen-bond donors (Lipinski definition) is 8. The van der Waals surface area contributed by atoms with Gasteiger partial charge in [0, 0.05) is 25.0 Å². The summed E-state index contributed by atoms with van der Waals surface area (Å²) in [7, 11) is 0. The van der Waals surface area contributed by atoms with Gasteiger partial charge in [-0.15, -0.1) is 0 Å². The molecule has 364 valence electrons. The minimum absolute atomic E-state index is 0.00311. The first-order chi connectivity index (χ1) is 30.8. The molecule has 0 bridgehead atoms. The van der Waals surface area contributed by atoms with E-state index in [9.17, 15) is 45.3 Å². The maximum atomic E-state index is 13.9. The Morgan fingerprint density at radius 3 is 2.32 bits per heavy atom. The van der Waals surface area contributed by atoms with Crippen LogP contribution in [0.4, 0.5) is 0 Å². The molecular formula is C52H79NO12. The topological polar surface area (TPSA) is 215 Å². The van der Waals surface area contributed by atoms with E-state index in [1.54, 1.807) is 0 Å². The summed E-state index contributed by atoms with van der Waals surface area (Å²) in [4.78, 5) is 26.8. The van der Waals surface area contributed by atoms with Crippen LogP contribution in [-0.4, -0.2) is 117 Å². The molecule has 13 nitrogen and oxygen atoms in total. The van der Waals surface area contributed by atoms with Crippen LogP contribution in [-0.2, 0) is 30.4 Å². The lowest BCUT2D eigenvalue weighted by Gasteiger charge is -2.75. The van der Waals surface area contributed by atoms with Crippen molar-refractivity contribution in [3.63, 3.8) is 0 Å². The van der Waals surface area contributed by atoms with E-state index in [0.717, 1.165) is 43.2 Å². The maximum absolute atomic E-state index is 13.9. The number of allylic oxidation sites excluding steroid dienone is 2. The molecular weight excluding hydrogens is 831 g/mol. The Labute approximate surface area is 385 Å². The van der Waals surface area contributed by atoms with Crippen molar-refractivity contribution >= 4 is 11.9 Å². The Balaban J connectivity index is 1.30. The van der Waals surface area contributed by atoms with E-state index >= 15 is 0 Å². The Kier molecular flexibility index (Phi) is 13.7. The lowest BCUT2D eigenvalue weighted by Crippen LogP contribution is -2.73. The van der Waals surface area contributed by atoms with E-state index in [4.69, 9.17) is 14.2 Å². The summed E-state index contributed by atoms with van der Waals surface area (Å²) < 4.78 is 20.1. The zero-order valence-corrected chi connectivity index (χ0v) is 39.7. The molecule has 6 fully saturated rings. The Morgan fingerprint density at radius 1 is 0.938 bits per heavy atom. The molecule has 2 heterocycles. The van der Waals surface area contributed by atoms with Crippen LogP contribution in [0.1, 0.15) is 124 Å². The molecule has 8 N–H and O–H groups in total. The number of carboxylic acids is 1. The number of aliphatic hydroxyl groups excluding tert-OH is 6. The molecule has 19 atom stereocenters. The third-order valence-corrected chi connectivity index (χ3v) is 19.8. The molecule has 8 rings (SSSR count). The molecule has 13 heteroatoms. The Bertz CT molecular complexity index is 1920. The fraction of sp³-hybridized carbons (Fsp3) is 0.808. The van der Waals surface area contributed by atoms with E-state index < -0.39 is 81.9 Å². The van der Waals surface area contributed by atoms with Gasteiger partial charge in [-0.1, -0.05) is 103 Å². The quantitative estimate of drug-likeness (QED) is 0.0673. The average molecular weight is 910 g/mol. The van der Waals surface area contributed by atoms with E-state index in [2.05, 4.69) is 46.0 Å². The highest BCUT2D eigenvalue weighted by molar-refractivity contribution is 5.78. The molecule has 0 radical (unpaired) electrons. The average Bonchev–Trinajstić information content (AvgIpc) is 3.70. The lowest BCUT2D eigenvalue weighted by molar-refractivity contribution is -0.346. The normalized spacial score (nSPS) is 48.3. The molecule has 1 aromatic rings. The van der Waals surface area contributed by atoms with Gasteiger partial charge in [-0.05, 0) is 114 Å². The molecule has 5 aliphatic carbocycles. The largest absolute Gasteiger partial charge is 0.481 e. The van der Waals surface area contributed by atoms with Gasteiger partial charge >= 0.3 is 5.97 Å². The monoisotopic (exact) mass is 910 g/mol. The van der Waals surface area contributed by atoms with Gasteiger partial charge in [0.1, 0.15) is 23.7 Å². The van der Waals surface area contributed by atoms with Gasteiger partial charge in [0.2, 0.25) is 5.91 Å². The molecule has 1 aromatic carbocycles. The van der Waals surface area contributed by atoms with Crippen molar-refractivity contribution in [1.82, 2.24) is 5.32 Å². The first-order valence-electron chi connectivity index (χ1n) is 24.9. The molecule has 2 aliphatic heterocycles. The first kappa shape index (κ1) is 49.0. The van der Waals surface area contributed by atoms with Crippen LogP contribution >= 0.6 is 0 Å². The van der Waals surface area contributed by atoms with Crippen LogP contribution in [0.3, 0.4) is 0 Å². The number of benzene rings is 1. The van der Waals surface area contributed by atoms with Gasteiger partial charge in [0.15, 0.2) is 6.29 Å². The maximum Gasteiger partial charge on any atom is 0.312 e. The van der Waals surface area contributed by atoms with Crippen molar-refractivity contribution in [2.75, 3.05) is 26.4 Å². The number of fused-ring (bicyclic) bond motifs is 7. The molecule has 7 aliphatic rings. The summed E-state index contributed by atoms with van der Waals surface area (Å²) >= 11 is 0. The number of amides is 1. The van der Waals surface area contributed by atoms with Gasteiger partial charge in [0.05, 0.1) is 38.1 Å². The summed E-state index contributed by atoms with van der Waals surface area (Å²) in [5, 5.41) is 81.9. The van der Waals surface area contributed by atoms with Gasteiger partial charge in [-0.25, -0.2) is 0 Å². The van der Waals surface area contributed by atoms with Crippen LogP contribution < -0.4 is 5.32 Å². The van der Waals surface area contributed by atoms with Crippen LogP contribution in [0.2, 0.25) is 0 Å². The van der Waals surface area contributed by atoms with E-state index in [1.807, 2.05) is 37.3 Å². The second kappa shape index (κ2) is 18.1. The van der Waals surface area contributed by atoms with E-state index in [1.165, 1.54) is 0 Å². The Morgan fingerprint density at radius 2 is 1.68 bits per heavy atom. The number of unbranched alkanes of at least 4 members (excludes halogenated alkanes) is 2. The van der Waals surface area contributed by atoms with Crippen molar-refractivity contribution in [3.8, 4) is 0 Å². The number of carbonyl (C=O) groups excluding carboxylic acids is 1. The van der Waals surface area contributed by atoms with Crippen LogP contribution in [0.15, 0.2) is 42.0 Å². The van der Waals surface area contributed by atoms with Crippen molar-refractivity contribution in [3.05, 3.63) is 47.5 Å². The minimum Gasteiger partial charge on any atom is -0.481 e. The lowest BCUT2D eigenvalue weighted by atomic mass is 9.30. The molecule has 19 unspecified atom stereocenters. The number of carbonyl (C=O) groups is 2. The number of rotatable bonds is 14. The van der Waals surface area contributed by atoms with Crippen molar-refractivity contribution in [2.45, 2.75) is 168 Å². The third kappa shape index (κ3) is 7.68. The SMILES string of the molecule is CCCCCC1CC2(C(=O)O)C(O)CC(C)(CO)CC2C2=CCC3C4(C)C(CC5CNC(=O)C5)C(OCc5ccccc5)C(OC5OCC(O)C(O)C5O)C(C)(CO)C4CCC3(C)C21C. The highest BCUT2D eigenvalue weighted by atomic mass is 16.7. The third-order valence-electron chi connectivity index (χ3n) is 19.8. The summed E-state index contributed by atoms with van der Waals surface area (Å²) in [5.41, 5.74) is -2.33. The number of ether oxygens (including phenoxy) is 3. The standard InChI is InChI=1S/C52H79NO12/c1-7-8-10-15-32-22-52(46(61)62)35(23-47(2,28-54)24-39(52)57)33-16-17-38-49(4,51(32,33)6)19-18-37-48(3,29-55)44(65-45-42(60)41(59)36(56)27-64-45)43(63-26-30-13-11-9-12-14-30)34(50(37,38)5)20-31-21-40(58)53-25-31/h9,11-14,16,31-32,34-39,41-45,54-57,59-60H,7-8,10,15,17-29H2,1-6H3,(H,53,58)(H,61,62). The van der Waals surface area contributed by atoms with Crippen molar-refractivity contribution in [2.24, 2.45) is 68.0 Å². The van der Waals surface area contributed by atoms with Gasteiger partial charge < -0.3 is 55.3 Å². The van der Waals surface area contributed by atoms with E-state index in [0.29, 0.717) is 45.1 Å². The van der Waals surface area contributed by atoms with Gasteiger partial charge in [-0.3, -0.25) is 9.59 Å². The number of hydrogen-bond acceptors (Lipinski definition) is 11. The summed E-state index contributed by atoms with van der Waals surface area (Å²) in [5.74, 6) is -1.87. The molecule has 0 aromatic heterocycles. The predicted molar refractivity (Wildman–Crippen MR) is 242 cm³/mol. The van der Waals surface area contributed by atoms with Gasteiger partial charge in [-0.2, -0.15) is 0 Å². The molecule has 2 saturated heterocycles. The second-order valence-corrected chi connectivity index (χ2v) is 23.2. The fourth-order valence-electron chi connectivity index (χ4n) is 16.2. The zero-order chi connectivity index (χ0) is 46.9. The molecule has 4 saturated carbocycles. The number of aliphatic carboxylic acids is 1. The first-order valence-corrected chi connectivity index (χ1v) is 24.9. The highest BCUT2D eigenvalue weighted by Gasteiger charge is 2.76. The van der Waals surface area contributed by atoms with Crippen molar-refractivity contribution < 1.29 is 59.5 Å². The van der Waals surface area contributed by atoms with Crippen molar-refractivity contribution in [1.29, 1.82) is 0 Å². The summed E-state index contributed by atoms with van der Waals surface area (Å²) in [6.07, 6.45) is 2.02. The Hall–Kier alpha value is -2.46. The van der Waals surface area contributed by atoms with Gasteiger partial charge in [0.25, 0.3) is 0 Å². The molecule has 0 spiro atoms. The molecule has 65 heavy (non-hydrogen) atoms. The van der Waals surface area contributed by atoms with Crippen LogP contribution in [0.5, 0.6) is 0 Å². The minimum atomic E-state index is -1.56. The molecule has 1 amide bonds. The smallest absolute Gasteiger partial charge is 0.312 e. The summed E-state index contributed by atoms with van der Waals surface area (Å²) in [6, 6.07) is 9.88. The number of carboxylic acid groups (broad SMARTS) is 1. The summed E-state index contributed by atoms with van der Waals surface area (Å²) in [6.45, 7) is 13.5. The number of aliphatic hydroxyl groups is 6. The van der Waals surface area contributed by atoms with Crippen LogP contribution in [0, 0.1) is 68.0 Å². The fourth-order valence-corrected chi connectivity index (χ4v) is 16.2.